The summed E-state index contributed by atoms with van der Waals surface area (Å²) >= 11 is 0. The van der Waals surface area contributed by atoms with Crippen molar-refractivity contribution in [3.05, 3.63) is 0 Å². The Hall–Kier alpha value is -0.0500. The van der Waals surface area contributed by atoms with Crippen LogP contribution in [-0.4, -0.2) is 60.9 Å². The standard InChI is InChI=1S/C22H46N3O5P/c1-11-16(2)23-31(28,29-17-12-19(3,4)24(26)20(5,6)13-17)30-18-14-21(7,8)25(27)22(9,10)15-18/h16-18,26-27H,11-15H2,1-10H3,(H,23,28). The fourth-order valence-electron chi connectivity index (χ4n) is 5.35. The van der Waals surface area contributed by atoms with Crippen molar-refractivity contribution in [2.75, 3.05) is 0 Å². The van der Waals surface area contributed by atoms with Crippen LogP contribution in [0.5, 0.6) is 0 Å². The molecule has 2 rings (SSSR count). The van der Waals surface area contributed by atoms with Gasteiger partial charge >= 0.3 is 7.75 Å². The number of hydroxylamine groups is 4. The highest BCUT2D eigenvalue weighted by atomic mass is 31.2. The number of hydrogen-bond donors (Lipinski definition) is 3. The second-order valence-corrected chi connectivity index (χ2v) is 13.8. The molecule has 1 atom stereocenters. The Labute approximate surface area is 189 Å². The molecule has 2 saturated heterocycles. The van der Waals surface area contributed by atoms with Crippen LogP contribution < -0.4 is 5.09 Å². The fraction of sp³-hybridized carbons (Fsp3) is 1.00. The summed E-state index contributed by atoms with van der Waals surface area (Å²) in [6, 6.07) is -0.0382. The van der Waals surface area contributed by atoms with E-state index in [0.29, 0.717) is 25.7 Å². The molecule has 8 nitrogen and oxygen atoms in total. The average molecular weight is 464 g/mol. The molecule has 2 fully saturated rings. The van der Waals surface area contributed by atoms with Crippen molar-refractivity contribution < 1.29 is 24.0 Å². The molecular formula is C22H46N3O5P. The van der Waals surface area contributed by atoms with E-state index in [1.807, 2.05) is 69.2 Å². The minimum atomic E-state index is -3.64. The summed E-state index contributed by atoms with van der Waals surface area (Å²) in [6.45, 7) is 19.7. The zero-order valence-electron chi connectivity index (χ0n) is 21.2. The van der Waals surface area contributed by atoms with Crippen LogP contribution in [0.2, 0.25) is 0 Å². The molecule has 0 spiro atoms. The van der Waals surface area contributed by atoms with Gasteiger partial charge in [-0.2, -0.15) is 10.1 Å². The van der Waals surface area contributed by atoms with Crippen molar-refractivity contribution in [2.24, 2.45) is 0 Å². The summed E-state index contributed by atoms with van der Waals surface area (Å²) in [5, 5.41) is 27.1. The largest absolute Gasteiger partial charge is 0.406 e. The van der Waals surface area contributed by atoms with Crippen LogP contribution in [0.4, 0.5) is 0 Å². The normalized spacial score (nSPS) is 28.5. The molecule has 0 amide bonds. The molecule has 31 heavy (non-hydrogen) atoms. The highest BCUT2D eigenvalue weighted by molar-refractivity contribution is 7.51. The first kappa shape index (κ1) is 27.2. The molecule has 0 aromatic heterocycles. The van der Waals surface area contributed by atoms with Gasteiger partial charge in [-0.15, -0.1) is 0 Å². The molecule has 0 bridgehead atoms. The first-order valence-electron chi connectivity index (χ1n) is 11.6. The topological polar surface area (TPSA) is 94.5 Å². The maximum atomic E-state index is 14.0. The van der Waals surface area contributed by atoms with E-state index >= 15 is 0 Å². The lowest BCUT2D eigenvalue weighted by molar-refractivity contribution is -0.258. The van der Waals surface area contributed by atoms with Crippen LogP contribution in [0.25, 0.3) is 0 Å². The lowest BCUT2D eigenvalue weighted by Crippen LogP contribution is -2.61. The first-order valence-corrected chi connectivity index (χ1v) is 13.1. The Morgan fingerprint density at radius 3 is 1.39 bits per heavy atom. The predicted molar refractivity (Wildman–Crippen MR) is 122 cm³/mol. The van der Waals surface area contributed by atoms with Gasteiger partial charge in [-0.1, -0.05) is 6.92 Å². The Balaban J connectivity index is 2.26. The quantitative estimate of drug-likeness (QED) is 0.436. The van der Waals surface area contributed by atoms with E-state index in [-0.39, 0.29) is 18.2 Å². The van der Waals surface area contributed by atoms with Crippen LogP contribution in [-0.2, 0) is 13.6 Å². The molecule has 184 valence electrons. The highest BCUT2D eigenvalue weighted by Gasteiger charge is 2.50. The monoisotopic (exact) mass is 463 g/mol. The van der Waals surface area contributed by atoms with E-state index in [1.54, 1.807) is 0 Å². The third-order valence-electron chi connectivity index (χ3n) is 6.77. The molecule has 0 aromatic carbocycles. The Kier molecular flexibility index (Phi) is 7.85. The van der Waals surface area contributed by atoms with Gasteiger partial charge in [-0.3, -0.25) is 9.05 Å². The van der Waals surface area contributed by atoms with E-state index in [9.17, 15) is 15.0 Å². The Morgan fingerprint density at radius 1 is 0.839 bits per heavy atom. The number of hydrogen-bond acceptors (Lipinski definition) is 7. The van der Waals surface area contributed by atoms with Crippen molar-refractivity contribution in [3.8, 4) is 0 Å². The predicted octanol–water partition coefficient (Wildman–Crippen LogP) is 5.34. The van der Waals surface area contributed by atoms with Crippen molar-refractivity contribution >= 4 is 7.75 Å². The van der Waals surface area contributed by atoms with Crippen LogP contribution in [0, 0.1) is 0 Å². The molecule has 0 aliphatic carbocycles. The Bertz CT molecular complexity index is 598. The molecule has 0 aromatic rings. The van der Waals surface area contributed by atoms with Gasteiger partial charge in [0.1, 0.15) is 0 Å². The summed E-state index contributed by atoms with van der Waals surface area (Å²) in [7, 11) is -3.64. The third-order valence-corrected chi connectivity index (χ3v) is 8.68. The van der Waals surface area contributed by atoms with Crippen molar-refractivity contribution in [3.63, 3.8) is 0 Å². The van der Waals surface area contributed by atoms with Gasteiger partial charge in [0.05, 0.1) is 12.2 Å². The zero-order chi connectivity index (χ0) is 24.0. The van der Waals surface area contributed by atoms with Gasteiger partial charge in [-0.25, -0.2) is 9.65 Å². The molecule has 1 unspecified atom stereocenters. The number of nitrogens with zero attached hydrogens (tertiary/aromatic N) is 2. The molecule has 2 heterocycles. The lowest BCUT2D eigenvalue weighted by atomic mass is 9.80. The van der Waals surface area contributed by atoms with E-state index in [2.05, 4.69) is 5.09 Å². The maximum absolute atomic E-state index is 14.0. The highest BCUT2D eigenvalue weighted by Crippen LogP contribution is 2.53. The van der Waals surface area contributed by atoms with Crippen LogP contribution in [0.3, 0.4) is 0 Å². The summed E-state index contributed by atoms with van der Waals surface area (Å²) in [4.78, 5) is 0. The van der Waals surface area contributed by atoms with E-state index in [1.165, 1.54) is 10.1 Å². The maximum Gasteiger partial charge on any atom is 0.406 e. The van der Waals surface area contributed by atoms with Gasteiger partial charge in [0.25, 0.3) is 0 Å². The summed E-state index contributed by atoms with van der Waals surface area (Å²) in [6.07, 6.45) is 2.28. The van der Waals surface area contributed by atoms with Gasteiger partial charge in [-0.05, 0) is 94.4 Å². The molecule has 2 aliphatic rings. The molecule has 9 heteroatoms. The van der Waals surface area contributed by atoms with E-state index in [0.717, 1.165) is 6.42 Å². The summed E-state index contributed by atoms with van der Waals surface area (Å²) < 4.78 is 26.5. The molecule has 0 radical (unpaired) electrons. The van der Waals surface area contributed by atoms with Crippen LogP contribution >= 0.6 is 7.75 Å². The van der Waals surface area contributed by atoms with Crippen LogP contribution in [0.15, 0.2) is 0 Å². The fourth-order valence-corrected chi connectivity index (χ4v) is 7.32. The number of nitrogens with one attached hydrogen (secondary N) is 1. The minimum Gasteiger partial charge on any atom is -0.313 e. The minimum absolute atomic E-state index is 0.0382. The van der Waals surface area contributed by atoms with E-state index in [4.69, 9.17) is 9.05 Å². The summed E-state index contributed by atoms with van der Waals surface area (Å²) in [5.74, 6) is 0. The van der Waals surface area contributed by atoms with Gasteiger partial charge in [0, 0.05) is 28.2 Å². The van der Waals surface area contributed by atoms with Crippen molar-refractivity contribution in [1.29, 1.82) is 0 Å². The van der Waals surface area contributed by atoms with Gasteiger partial charge in [0.15, 0.2) is 0 Å². The van der Waals surface area contributed by atoms with Crippen molar-refractivity contribution in [1.82, 2.24) is 15.2 Å². The molecule has 2 aliphatic heterocycles. The molecule has 0 saturated carbocycles. The van der Waals surface area contributed by atoms with Crippen LogP contribution in [0.1, 0.15) is 101 Å². The van der Waals surface area contributed by atoms with Crippen molar-refractivity contribution in [2.45, 2.75) is 142 Å². The third kappa shape index (κ3) is 6.30. The number of piperidine rings is 2. The molecular weight excluding hydrogens is 417 g/mol. The number of rotatable bonds is 7. The second kappa shape index (κ2) is 8.95. The summed E-state index contributed by atoms with van der Waals surface area (Å²) in [5.41, 5.74) is -2.06. The zero-order valence-corrected chi connectivity index (χ0v) is 22.1. The first-order chi connectivity index (χ1) is 13.8. The smallest absolute Gasteiger partial charge is 0.313 e. The van der Waals surface area contributed by atoms with Gasteiger partial charge in [0.2, 0.25) is 0 Å². The van der Waals surface area contributed by atoms with Gasteiger partial charge < -0.3 is 10.4 Å². The Morgan fingerprint density at radius 2 is 1.13 bits per heavy atom. The second-order valence-electron chi connectivity index (χ2n) is 12.1. The average Bonchev–Trinajstić information content (AvgIpc) is 2.55. The lowest BCUT2D eigenvalue weighted by Gasteiger charge is -2.52. The molecule has 3 N–H and O–H groups in total. The SMILES string of the molecule is CCC(C)NP(=O)(OC1CC(C)(C)N(O)C(C)(C)C1)OC1CC(C)(C)N(O)C(C)(C)C1. The van der Waals surface area contributed by atoms with E-state index < -0.39 is 29.9 Å².